The second-order valence-corrected chi connectivity index (χ2v) is 2.64. The van der Waals surface area contributed by atoms with Gasteiger partial charge < -0.3 is 5.11 Å². The van der Waals surface area contributed by atoms with Crippen LogP contribution < -0.4 is 0 Å². The summed E-state index contributed by atoms with van der Waals surface area (Å²) < 4.78 is 35.6. The number of hydrogen-bond acceptors (Lipinski definition) is 2. The van der Waals surface area contributed by atoms with Gasteiger partial charge in [0.25, 0.3) is 0 Å². The number of aliphatic hydroxyl groups excluding tert-OH is 1. The Morgan fingerprint density at radius 3 is 2.21 bits per heavy atom. The van der Waals surface area contributed by atoms with Crippen LogP contribution in [0.2, 0.25) is 5.02 Å². The largest absolute Gasteiger partial charge is 0.417 e. The molecule has 0 spiro atoms. The van der Waals surface area contributed by atoms with Crippen molar-refractivity contribution in [2.45, 2.75) is 13.1 Å². The van der Waals surface area contributed by atoms with Crippen LogP contribution in [0, 0.1) is 0 Å². The molecular formula is C8H9ClF3NO. The van der Waals surface area contributed by atoms with Crippen LogP contribution in [0.15, 0.2) is 18.5 Å². The fourth-order valence-corrected chi connectivity index (χ4v) is 0.741. The highest BCUT2D eigenvalue weighted by Gasteiger charge is 2.30. The first-order valence-electron chi connectivity index (χ1n) is 3.70. The Morgan fingerprint density at radius 2 is 1.93 bits per heavy atom. The van der Waals surface area contributed by atoms with Crippen LogP contribution >= 0.6 is 11.6 Å². The molecule has 6 heteroatoms. The number of aliphatic hydroxyl groups is 1. The number of nitrogens with zero attached hydrogens (tertiary/aromatic N) is 1. The number of hydrogen-bond donors (Lipinski definition) is 1. The monoisotopic (exact) mass is 227 g/mol. The third-order valence-corrected chi connectivity index (χ3v) is 1.24. The smallest absolute Gasteiger partial charge is 0.397 e. The molecule has 0 aliphatic rings. The number of pyridine rings is 1. The standard InChI is InChI=1S/C6H3ClF3N.C2H6O/c7-5-1-4(2-11-3-5)6(8,9)10;1-2-3/h1-3H;3H,2H2,1H3. The van der Waals surface area contributed by atoms with E-state index in [0.717, 1.165) is 18.5 Å². The van der Waals surface area contributed by atoms with Crippen molar-refractivity contribution in [1.82, 2.24) is 4.98 Å². The van der Waals surface area contributed by atoms with Crippen molar-refractivity contribution < 1.29 is 18.3 Å². The Labute approximate surface area is 84.3 Å². The summed E-state index contributed by atoms with van der Waals surface area (Å²) in [6.45, 7) is 1.93. The third-order valence-electron chi connectivity index (χ3n) is 1.03. The van der Waals surface area contributed by atoms with E-state index in [0.29, 0.717) is 0 Å². The van der Waals surface area contributed by atoms with Gasteiger partial charge in [-0.1, -0.05) is 11.6 Å². The molecular weight excluding hydrogens is 219 g/mol. The topological polar surface area (TPSA) is 33.1 Å². The van der Waals surface area contributed by atoms with Crippen LogP contribution in [0.4, 0.5) is 13.2 Å². The van der Waals surface area contributed by atoms with E-state index in [-0.39, 0.29) is 11.6 Å². The van der Waals surface area contributed by atoms with Crippen LogP contribution in [0.25, 0.3) is 0 Å². The maximum atomic E-state index is 11.9. The molecule has 0 bridgehead atoms. The van der Waals surface area contributed by atoms with Crippen molar-refractivity contribution in [2.75, 3.05) is 6.61 Å². The average Bonchev–Trinajstić information content (AvgIpc) is 2.04. The lowest BCUT2D eigenvalue weighted by Gasteiger charge is -2.04. The Hall–Kier alpha value is -0.810. The number of aromatic nitrogens is 1. The lowest BCUT2D eigenvalue weighted by molar-refractivity contribution is -0.137. The van der Waals surface area contributed by atoms with Gasteiger partial charge in [-0.2, -0.15) is 13.2 Å². The predicted molar refractivity (Wildman–Crippen MR) is 47.0 cm³/mol. The SMILES string of the molecule is CCO.FC(F)(F)c1cncc(Cl)c1. The zero-order valence-electron chi connectivity index (χ0n) is 7.35. The molecule has 0 aliphatic carbocycles. The molecule has 0 saturated heterocycles. The van der Waals surface area contributed by atoms with Gasteiger partial charge in [-0.3, -0.25) is 4.98 Å². The summed E-state index contributed by atoms with van der Waals surface area (Å²) in [5.74, 6) is 0. The third kappa shape index (κ3) is 5.04. The first-order valence-corrected chi connectivity index (χ1v) is 4.08. The molecule has 0 amide bonds. The minimum Gasteiger partial charge on any atom is -0.397 e. The highest BCUT2D eigenvalue weighted by atomic mass is 35.5. The summed E-state index contributed by atoms with van der Waals surface area (Å²) in [7, 11) is 0. The zero-order valence-corrected chi connectivity index (χ0v) is 8.10. The van der Waals surface area contributed by atoms with Gasteiger partial charge >= 0.3 is 6.18 Å². The summed E-state index contributed by atoms with van der Waals surface area (Å²) in [6, 6.07) is 0.828. The van der Waals surface area contributed by atoms with Crippen molar-refractivity contribution in [3.05, 3.63) is 29.0 Å². The quantitative estimate of drug-likeness (QED) is 0.739. The van der Waals surface area contributed by atoms with Crippen LogP contribution in [-0.4, -0.2) is 16.7 Å². The van der Waals surface area contributed by atoms with Gasteiger partial charge in [0.05, 0.1) is 10.6 Å². The summed E-state index contributed by atoms with van der Waals surface area (Å²) in [5.41, 5.74) is -0.829. The van der Waals surface area contributed by atoms with Gasteiger partial charge in [0, 0.05) is 19.0 Å². The van der Waals surface area contributed by atoms with Crippen LogP contribution in [0.5, 0.6) is 0 Å². The van der Waals surface area contributed by atoms with Crippen LogP contribution in [-0.2, 0) is 6.18 Å². The Morgan fingerprint density at radius 1 is 1.43 bits per heavy atom. The van der Waals surface area contributed by atoms with Crippen LogP contribution in [0.1, 0.15) is 12.5 Å². The fraction of sp³-hybridized carbons (Fsp3) is 0.375. The minimum absolute atomic E-state index is 0.0141. The predicted octanol–water partition coefficient (Wildman–Crippen LogP) is 2.75. The van der Waals surface area contributed by atoms with E-state index < -0.39 is 11.7 Å². The lowest BCUT2D eigenvalue weighted by atomic mass is 10.3. The normalized spacial score (nSPS) is 10.4. The first-order chi connectivity index (χ1) is 6.41. The van der Waals surface area contributed by atoms with Gasteiger partial charge in [-0.15, -0.1) is 0 Å². The number of alkyl halides is 3. The molecule has 1 heterocycles. The van der Waals surface area contributed by atoms with Gasteiger partial charge in [-0.25, -0.2) is 0 Å². The Kier molecular flexibility index (Phi) is 5.49. The molecule has 0 atom stereocenters. The Bertz CT molecular complexity index is 278. The Balaban J connectivity index is 0.000000500. The summed E-state index contributed by atoms with van der Waals surface area (Å²) in [6.07, 6.45) is -2.49. The fourth-order valence-electron chi connectivity index (χ4n) is 0.567. The van der Waals surface area contributed by atoms with Crippen molar-refractivity contribution in [1.29, 1.82) is 0 Å². The van der Waals surface area contributed by atoms with Crippen molar-refractivity contribution in [2.24, 2.45) is 0 Å². The van der Waals surface area contributed by atoms with Gasteiger partial charge in [0.2, 0.25) is 0 Å². The van der Waals surface area contributed by atoms with E-state index in [2.05, 4.69) is 4.98 Å². The maximum Gasteiger partial charge on any atom is 0.417 e. The van der Waals surface area contributed by atoms with Crippen molar-refractivity contribution >= 4 is 11.6 Å². The molecule has 1 rings (SSSR count). The molecule has 1 aromatic heterocycles. The summed E-state index contributed by atoms with van der Waals surface area (Å²) in [4.78, 5) is 3.30. The highest BCUT2D eigenvalue weighted by Crippen LogP contribution is 2.29. The second kappa shape index (κ2) is 5.82. The highest BCUT2D eigenvalue weighted by molar-refractivity contribution is 6.30. The average molecular weight is 228 g/mol. The van der Waals surface area contributed by atoms with E-state index in [9.17, 15) is 13.2 Å². The number of rotatable bonds is 0. The molecule has 1 N–H and O–H groups in total. The molecule has 0 saturated carbocycles. The molecule has 0 aromatic carbocycles. The first kappa shape index (κ1) is 13.2. The lowest BCUT2D eigenvalue weighted by Crippen LogP contribution is -2.04. The second-order valence-electron chi connectivity index (χ2n) is 2.21. The zero-order chi connectivity index (χ0) is 11.2. The van der Waals surface area contributed by atoms with E-state index in [1.54, 1.807) is 6.92 Å². The molecule has 0 unspecified atom stereocenters. The number of halogens is 4. The minimum atomic E-state index is -4.36. The van der Waals surface area contributed by atoms with Crippen LogP contribution in [0.3, 0.4) is 0 Å². The molecule has 2 nitrogen and oxygen atoms in total. The molecule has 1 aromatic rings. The van der Waals surface area contributed by atoms with E-state index >= 15 is 0 Å². The van der Waals surface area contributed by atoms with E-state index in [1.165, 1.54) is 0 Å². The van der Waals surface area contributed by atoms with Crippen molar-refractivity contribution in [3.63, 3.8) is 0 Å². The van der Waals surface area contributed by atoms with Gasteiger partial charge in [-0.05, 0) is 13.0 Å². The van der Waals surface area contributed by atoms with Gasteiger partial charge in [0.1, 0.15) is 0 Å². The van der Waals surface area contributed by atoms with E-state index in [1.807, 2.05) is 0 Å². The molecule has 0 radical (unpaired) electrons. The molecule has 14 heavy (non-hydrogen) atoms. The van der Waals surface area contributed by atoms with Gasteiger partial charge in [0.15, 0.2) is 0 Å². The summed E-state index contributed by atoms with van der Waals surface area (Å²) >= 11 is 5.29. The molecule has 0 fully saturated rings. The van der Waals surface area contributed by atoms with Crippen molar-refractivity contribution in [3.8, 4) is 0 Å². The summed E-state index contributed by atoms with van der Waals surface area (Å²) in [5, 5.41) is 7.56. The molecule has 80 valence electrons. The maximum absolute atomic E-state index is 11.9. The van der Waals surface area contributed by atoms with E-state index in [4.69, 9.17) is 16.7 Å². The molecule has 0 aliphatic heterocycles.